The summed E-state index contributed by atoms with van der Waals surface area (Å²) in [7, 11) is -4.64. The maximum Gasteiger partial charge on any atom is 0.472 e. The molecule has 10 nitrogen and oxygen atoms in total. The maximum atomic E-state index is 12.6. The van der Waals surface area contributed by atoms with E-state index in [9.17, 15) is 24.2 Å². The van der Waals surface area contributed by atoms with Gasteiger partial charge in [-0.1, -0.05) is 164 Å². The van der Waals surface area contributed by atoms with Gasteiger partial charge in [0.15, 0.2) is 6.10 Å². The number of aliphatic hydroxyl groups is 2. The Morgan fingerprint density at radius 3 is 1.68 bits per heavy atom. The Labute approximate surface area is 320 Å². The highest BCUT2D eigenvalue weighted by molar-refractivity contribution is 7.47. The van der Waals surface area contributed by atoms with E-state index < -0.39 is 58.4 Å². The molecule has 0 aliphatic heterocycles. The standard InChI is InChI=1S/C42H71O10P/c1-3-5-7-9-11-13-15-17-19-21-23-25-27-29-31-33-41(45)49-37-40(38-51-53(47,48)50-36-39(44)35-43)52-42(46)34-32-30-28-26-24-22-20-18-16-14-12-10-8-6-4-2/h6,8,10,12,14,16,18,20,27,29,31,33,39-40,43-44H,3-5,7,9,11,13,15,17,19,21-26,28,30,32,34-38H2,1-2H3,(H,47,48)/b8-6+,12-10+,16-14+,20-18+,29-27+,33-31+/t39-,40+/m0/s1. The summed E-state index contributed by atoms with van der Waals surface area (Å²) in [6.07, 6.45) is 42.2. The Kier molecular flexibility index (Phi) is 35.9. The van der Waals surface area contributed by atoms with E-state index in [1.165, 1.54) is 70.3 Å². The number of rotatable bonds is 36. The molecule has 0 amide bonds. The van der Waals surface area contributed by atoms with E-state index in [1.54, 1.807) is 12.2 Å². The molecule has 0 rings (SSSR count). The van der Waals surface area contributed by atoms with Crippen LogP contribution in [0.5, 0.6) is 0 Å². The van der Waals surface area contributed by atoms with Crippen LogP contribution in [0.4, 0.5) is 0 Å². The molecule has 0 aromatic heterocycles. The lowest BCUT2D eigenvalue weighted by atomic mass is 10.1. The van der Waals surface area contributed by atoms with Crippen molar-refractivity contribution in [1.82, 2.24) is 0 Å². The minimum absolute atomic E-state index is 0.135. The molecule has 0 aromatic rings. The summed E-state index contributed by atoms with van der Waals surface area (Å²) in [6.45, 7) is 2.06. The fraction of sp³-hybridized carbons (Fsp3) is 0.667. The van der Waals surface area contributed by atoms with Gasteiger partial charge in [-0.15, -0.1) is 0 Å². The highest BCUT2D eigenvalue weighted by atomic mass is 31.2. The maximum absolute atomic E-state index is 12.6. The number of hydrogen-bond donors (Lipinski definition) is 3. The Bertz CT molecular complexity index is 1110. The molecule has 3 atom stereocenters. The second kappa shape index (κ2) is 37.7. The van der Waals surface area contributed by atoms with Crippen LogP contribution in [0.15, 0.2) is 72.9 Å². The number of phosphoric acid groups is 1. The lowest BCUT2D eigenvalue weighted by Gasteiger charge is -2.20. The summed E-state index contributed by atoms with van der Waals surface area (Å²) >= 11 is 0. The first-order valence-electron chi connectivity index (χ1n) is 20.0. The van der Waals surface area contributed by atoms with Crippen LogP contribution in [0.1, 0.15) is 142 Å². The second-order valence-electron chi connectivity index (χ2n) is 13.1. The number of unbranched alkanes of at least 4 members (excludes halogenated alkanes) is 16. The van der Waals surface area contributed by atoms with Crippen molar-refractivity contribution >= 4 is 19.8 Å². The minimum atomic E-state index is -4.64. The lowest BCUT2D eigenvalue weighted by Crippen LogP contribution is -2.29. The molecule has 0 heterocycles. The number of ether oxygens (including phenoxy) is 2. The van der Waals surface area contributed by atoms with Crippen LogP contribution in [0.2, 0.25) is 0 Å². The molecule has 0 spiro atoms. The van der Waals surface area contributed by atoms with Gasteiger partial charge in [-0.25, -0.2) is 9.36 Å². The van der Waals surface area contributed by atoms with Crippen LogP contribution in [0.25, 0.3) is 0 Å². The van der Waals surface area contributed by atoms with E-state index in [0.29, 0.717) is 6.42 Å². The Balaban J connectivity index is 4.51. The average Bonchev–Trinajstić information content (AvgIpc) is 3.14. The van der Waals surface area contributed by atoms with Crippen molar-refractivity contribution in [2.75, 3.05) is 26.4 Å². The summed E-state index contributed by atoms with van der Waals surface area (Å²) in [5, 5.41) is 18.3. The zero-order valence-electron chi connectivity index (χ0n) is 32.7. The van der Waals surface area contributed by atoms with Crippen LogP contribution >= 0.6 is 7.82 Å². The third-order valence-electron chi connectivity index (χ3n) is 8.04. The predicted octanol–water partition coefficient (Wildman–Crippen LogP) is 10.1. The first-order valence-corrected chi connectivity index (χ1v) is 21.5. The van der Waals surface area contributed by atoms with Gasteiger partial charge in [-0.3, -0.25) is 13.8 Å². The number of esters is 2. The molecule has 304 valence electrons. The fourth-order valence-corrected chi connectivity index (χ4v) is 5.76. The fourth-order valence-electron chi connectivity index (χ4n) is 4.97. The zero-order chi connectivity index (χ0) is 39.1. The van der Waals surface area contributed by atoms with Crippen molar-refractivity contribution in [3.63, 3.8) is 0 Å². The molecule has 53 heavy (non-hydrogen) atoms. The molecule has 0 aliphatic rings. The van der Waals surface area contributed by atoms with Crippen LogP contribution in [-0.4, -0.2) is 65.7 Å². The third-order valence-corrected chi connectivity index (χ3v) is 8.99. The van der Waals surface area contributed by atoms with E-state index >= 15 is 0 Å². The van der Waals surface area contributed by atoms with Crippen LogP contribution in [-0.2, 0) is 32.7 Å². The highest BCUT2D eigenvalue weighted by Crippen LogP contribution is 2.43. The number of allylic oxidation sites excluding steroid dienone is 11. The van der Waals surface area contributed by atoms with Crippen molar-refractivity contribution in [1.29, 1.82) is 0 Å². The van der Waals surface area contributed by atoms with Gasteiger partial charge in [0.05, 0.1) is 19.8 Å². The van der Waals surface area contributed by atoms with Gasteiger partial charge < -0.3 is 24.6 Å². The van der Waals surface area contributed by atoms with Gasteiger partial charge in [0.1, 0.15) is 12.7 Å². The Hall–Kier alpha value is -2.59. The number of aliphatic hydroxyl groups excluding tert-OH is 2. The van der Waals surface area contributed by atoms with Crippen molar-refractivity contribution in [2.45, 2.75) is 154 Å². The van der Waals surface area contributed by atoms with E-state index in [2.05, 4.69) is 30.5 Å². The first kappa shape index (κ1) is 50.4. The van der Waals surface area contributed by atoms with E-state index in [4.69, 9.17) is 19.1 Å². The topological polar surface area (TPSA) is 149 Å². The largest absolute Gasteiger partial charge is 0.472 e. The Morgan fingerprint density at radius 1 is 0.623 bits per heavy atom. The lowest BCUT2D eigenvalue weighted by molar-refractivity contribution is -0.159. The molecule has 11 heteroatoms. The van der Waals surface area contributed by atoms with Gasteiger partial charge in [0.25, 0.3) is 0 Å². The molecule has 3 N–H and O–H groups in total. The number of phosphoric ester groups is 1. The molecule has 0 fully saturated rings. The summed E-state index contributed by atoms with van der Waals surface area (Å²) in [6, 6.07) is 0. The molecular weight excluding hydrogens is 695 g/mol. The van der Waals surface area contributed by atoms with Crippen molar-refractivity contribution in [3.8, 4) is 0 Å². The van der Waals surface area contributed by atoms with E-state index in [-0.39, 0.29) is 6.42 Å². The minimum Gasteiger partial charge on any atom is -0.458 e. The number of carbonyl (C=O) groups is 2. The van der Waals surface area contributed by atoms with Gasteiger partial charge >= 0.3 is 19.8 Å². The summed E-state index contributed by atoms with van der Waals surface area (Å²) in [5.41, 5.74) is 0. The Morgan fingerprint density at radius 2 is 1.11 bits per heavy atom. The predicted molar refractivity (Wildman–Crippen MR) is 214 cm³/mol. The van der Waals surface area contributed by atoms with Gasteiger partial charge in [-0.05, 0) is 38.5 Å². The summed E-state index contributed by atoms with van der Waals surface area (Å²) in [4.78, 5) is 34.8. The molecule has 0 bridgehead atoms. The van der Waals surface area contributed by atoms with Crippen molar-refractivity contribution in [3.05, 3.63) is 72.9 Å². The number of carbonyl (C=O) groups excluding carboxylic acids is 2. The van der Waals surface area contributed by atoms with Crippen LogP contribution < -0.4 is 0 Å². The van der Waals surface area contributed by atoms with E-state index in [0.717, 1.165) is 51.4 Å². The molecule has 0 saturated carbocycles. The average molecular weight is 767 g/mol. The molecule has 1 unspecified atom stereocenters. The van der Waals surface area contributed by atoms with Crippen molar-refractivity contribution in [2.24, 2.45) is 0 Å². The quantitative estimate of drug-likeness (QED) is 0.0185. The van der Waals surface area contributed by atoms with Gasteiger partial charge in [-0.2, -0.15) is 0 Å². The summed E-state index contributed by atoms with van der Waals surface area (Å²) < 4.78 is 32.4. The van der Waals surface area contributed by atoms with Gasteiger partial charge in [0.2, 0.25) is 0 Å². The van der Waals surface area contributed by atoms with Crippen molar-refractivity contribution < 1.29 is 47.8 Å². The summed E-state index contributed by atoms with van der Waals surface area (Å²) in [5.74, 6) is -1.21. The van der Waals surface area contributed by atoms with Crippen LogP contribution in [0, 0.1) is 0 Å². The molecular formula is C42H71O10P. The molecule has 0 saturated heterocycles. The number of hydrogen-bond acceptors (Lipinski definition) is 9. The normalized spacial score (nSPS) is 14.7. The first-order chi connectivity index (χ1) is 25.7. The van der Waals surface area contributed by atoms with Gasteiger partial charge in [0, 0.05) is 12.5 Å². The monoisotopic (exact) mass is 766 g/mol. The SMILES string of the molecule is CC/C=C/C=C/C=C/C=C/CCCCCCCC(=O)O[C@H](COC(=O)/C=C/C=C/CCCCCCCCCCCCC)COP(=O)(O)OC[C@@H](O)CO. The van der Waals surface area contributed by atoms with Crippen LogP contribution in [0.3, 0.4) is 0 Å². The second-order valence-corrected chi connectivity index (χ2v) is 14.5. The highest BCUT2D eigenvalue weighted by Gasteiger charge is 2.27. The molecule has 0 aromatic carbocycles. The smallest absolute Gasteiger partial charge is 0.458 e. The third kappa shape index (κ3) is 37.5. The molecule has 0 radical (unpaired) electrons. The molecule has 0 aliphatic carbocycles. The zero-order valence-corrected chi connectivity index (χ0v) is 33.6. The van der Waals surface area contributed by atoms with E-state index in [1.807, 2.05) is 42.5 Å².